The van der Waals surface area contributed by atoms with Crippen LogP contribution in [0.4, 0.5) is 10.1 Å². The van der Waals surface area contributed by atoms with Crippen LogP contribution in [0.3, 0.4) is 0 Å². The van der Waals surface area contributed by atoms with Crippen LogP contribution < -0.4 is 5.32 Å². The Bertz CT molecular complexity index is 841. The Hall–Kier alpha value is -2.63. The molecule has 1 aromatic carbocycles. The van der Waals surface area contributed by atoms with Gasteiger partial charge in [-0.2, -0.15) is 0 Å². The molecule has 1 unspecified atom stereocenters. The molecule has 0 radical (unpaired) electrons. The fourth-order valence-electron chi connectivity index (χ4n) is 3.37. The largest absolute Gasteiger partial charge is 0.464 e. The van der Waals surface area contributed by atoms with Crippen LogP contribution >= 0.6 is 0 Å². The van der Waals surface area contributed by atoms with Crippen molar-refractivity contribution >= 4 is 17.5 Å². The maximum absolute atomic E-state index is 13.5. The van der Waals surface area contributed by atoms with E-state index >= 15 is 0 Å². The monoisotopic (exact) mass is 342 g/mol. The van der Waals surface area contributed by atoms with Crippen molar-refractivity contribution in [1.82, 2.24) is 4.90 Å². The first kappa shape index (κ1) is 15.9. The number of carbonyl (C=O) groups is 2. The van der Waals surface area contributed by atoms with Crippen LogP contribution in [-0.4, -0.2) is 22.8 Å². The van der Waals surface area contributed by atoms with Crippen molar-refractivity contribution in [3.05, 3.63) is 53.2 Å². The van der Waals surface area contributed by atoms with Crippen LogP contribution in [0.15, 0.2) is 34.7 Å². The zero-order valence-corrected chi connectivity index (χ0v) is 13.9. The molecule has 1 fully saturated rings. The number of carbonyl (C=O) groups excluding carboxylic acids is 2. The van der Waals surface area contributed by atoms with E-state index in [-0.39, 0.29) is 24.3 Å². The Morgan fingerprint density at radius 3 is 2.80 bits per heavy atom. The molecule has 1 aliphatic carbocycles. The molecule has 2 aromatic rings. The first-order chi connectivity index (χ1) is 12.0. The molecule has 0 spiro atoms. The van der Waals surface area contributed by atoms with Crippen molar-refractivity contribution in [3.8, 4) is 0 Å². The minimum atomic E-state index is -0.582. The Morgan fingerprint density at radius 2 is 2.12 bits per heavy atom. The quantitative estimate of drug-likeness (QED) is 0.927. The molecule has 0 bridgehead atoms. The number of furan rings is 1. The van der Waals surface area contributed by atoms with Gasteiger partial charge in [0, 0.05) is 18.2 Å². The van der Waals surface area contributed by atoms with Crippen LogP contribution in [0.1, 0.15) is 42.3 Å². The van der Waals surface area contributed by atoms with Crippen LogP contribution in [-0.2, 0) is 16.1 Å². The number of anilines is 1. The standard InChI is InChI=1S/C19H19FN2O3/c1-11-2-6-14(25-11)10-22(13-4-5-13)19(24)16-9-18(23)21-17-8-12(20)3-7-15(16)17/h2-3,6-8,13,16H,4-5,9-10H2,1H3,(H,21,23). The molecular formula is C19H19FN2O3. The number of hydrogen-bond acceptors (Lipinski definition) is 3. The Morgan fingerprint density at radius 1 is 1.32 bits per heavy atom. The average Bonchev–Trinajstić information content (AvgIpc) is 3.33. The lowest BCUT2D eigenvalue weighted by Gasteiger charge is -2.30. The molecule has 4 rings (SSSR count). The van der Waals surface area contributed by atoms with E-state index in [4.69, 9.17) is 4.42 Å². The van der Waals surface area contributed by atoms with Gasteiger partial charge in [0.05, 0.1) is 12.5 Å². The molecule has 2 aliphatic rings. The Kier molecular flexibility index (Phi) is 3.82. The SMILES string of the molecule is Cc1ccc(CN(C(=O)C2CC(=O)Nc3cc(F)ccc32)C2CC2)o1. The molecule has 2 amide bonds. The van der Waals surface area contributed by atoms with E-state index in [1.165, 1.54) is 12.1 Å². The number of nitrogens with one attached hydrogen (secondary N) is 1. The minimum absolute atomic E-state index is 0.0812. The highest BCUT2D eigenvalue weighted by Crippen LogP contribution is 2.37. The van der Waals surface area contributed by atoms with E-state index in [1.54, 1.807) is 11.0 Å². The fraction of sp³-hybridized carbons (Fsp3) is 0.368. The first-order valence-corrected chi connectivity index (χ1v) is 8.46. The molecule has 1 saturated carbocycles. The lowest BCUT2D eigenvalue weighted by Crippen LogP contribution is -2.39. The maximum atomic E-state index is 13.5. The van der Waals surface area contributed by atoms with Gasteiger partial charge in [-0.25, -0.2) is 4.39 Å². The van der Waals surface area contributed by atoms with Crippen LogP contribution in [0, 0.1) is 12.7 Å². The average molecular weight is 342 g/mol. The van der Waals surface area contributed by atoms with Gasteiger partial charge in [-0.1, -0.05) is 6.07 Å². The molecular weight excluding hydrogens is 323 g/mol. The van der Waals surface area contributed by atoms with Gasteiger partial charge in [0.25, 0.3) is 0 Å². The summed E-state index contributed by atoms with van der Waals surface area (Å²) in [6, 6.07) is 8.12. The number of fused-ring (bicyclic) bond motifs is 1. The smallest absolute Gasteiger partial charge is 0.231 e. The van der Waals surface area contributed by atoms with E-state index in [2.05, 4.69) is 5.32 Å². The van der Waals surface area contributed by atoms with Gasteiger partial charge in [0.1, 0.15) is 17.3 Å². The van der Waals surface area contributed by atoms with Crippen LogP contribution in [0.25, 0.3) is 0 Å². The molecule has 5 nitrogen and oxygen atoms in total. The molecule has 1 aliphatic heterocycles. The molecule has 6 heteroatoms. The van der Waals surface area contributed by atoms with E-state index in [0.29, 0.717) is 17.8 Å². The van der Waals surface area contributed by atoms with Crippen molar-refractivity contribution in [1.29, 1.82) is 0 Å². The fourth-order valence-corrected chi connectivity index (χ4v) is 3.37. The predicted molar refractivity (Wildman–Crippen MR) is 89.4 cm³/mol. The summed E-state index contributed by atoms with van der Waals surface area (Å²) in [7, 11) is 0. The molecule has 25 heavy (non-hydrogen) atoms. The zero-order chi connectivity index (χ0) is 17.6. The number of hydrogen-bond donors (Lipinski definition) is 1. The maximum Gasteiger partial charge on any atom is 0.231 e. The number of rotatable bonds is 4. The predicted octanol–water partition coefficient (Wildman–Crippen LogP) is 3.34. The van der Waals surface area contributed by atoms with Crippen molar-refractivity contribution in [2.75, 3.05) is 5.32 Å². The number of halogens is 1. The molecule has 1 aromatic heterocycles. The topological polar surface area (TPSA) is 62.6 Å². The zero-order valence-electron chi connectivity index (χ0n) is 13.9. The molecule has 1 atom stereocenters. The lowest BCUT2D eigenvalue weighted by molar-refractivity contribution is -0.136. The Labute approximate surface area is 144 Å². The summed E-state index contributed by atoms with van der Waals surface area (Å²) < 4.78 is 19.1. The third kappa shape index (κ3) is 3.16. The normalized spacial score (nSPS) is 19.3. The second kappa shape index (κ2) is 6.02. The summed E-state index contributed by atoms with van der Waals surface area (Å²) in [5, 5.41) is 2.65. The highest BCUT2D eigenvalue weighted by Gasteiger charge is 2.39. The highest BCUT2D eigenvalue weighted by atomic mass is 19.1. The third-order valence-corrected chi connectivity index (χ3v) is 4.75. The van der Waals surface area contributed by atoms with E-state index < -0.39 is 11.7 Å². The van der Waals surface area contributed by atoms with Gasteiger partial charge in [-0.3, -0.25) is 9.59 Å². The second-order valence-electron chi connectivity index (χ2n) is 6.75. The molecule has 0 saturated heterocycles. The van der Waals surface area contributed by atoms with Gasteiger partial charge in [0.15, 0.2) is 0 Å². The number of nitrogens with zero attached hydrogens (tertiary/aromatic N) is 1. The van der Waals surface area contributed by atoms with Crippen molar-refractivity contribution in [2.24, 2.45) is 0 Å². The summed E-state index contributed by atoms with van der Waals surface area (Å²) in [6.45, 7) is 2.26. The summed E-state index contributed by atoms with van der Waals surface area (Å²) in [5.41, 5.74) is 1.06. The van der Waals surface area contributed by atoms with Gasteiger partial charge in [-0.05, 0) is 49.6 Å². The summed E-state index contributed by atoms with van der Waals surface area (Å²) in [5.74, 6) is 0.159. The van der Waals surface area contributed by atoms with Gasteiger partial charge in [-0.15, -0.1) is 0 Å². The van der Waals surface area contributed by atoms with E-state index in [1.807, 2.05) is 19.1 Å². The molecule has 1 N–H and O–H groups in total. The second-order valence-corrected chi connectivity index (χ2v) is 6.75. The van der Waals surface area contributed by atoms with Crippen molar-refractivity contribution in [2.45, 2.75) is 44.7 Å². The first-order valence-electron chi connectivity index (χ1n) is 8.46. The molecule has 2 heterocycles. The minimum Gasteiger partial charge on any atom is -0.464 e. The summed E-state index contributed by atoms with van der Waals surface area (Å²) >= 11 is 0. The van der Waals surface area contributed by atoms with Gasteiger partial charge < -0.3 is 14.6 Å². The van der Waals surface area contributed by atoms with E-state index in [9.17, 15) is 14.0 Å². The molecule has 130 valence electrons. The highest BCUT2D eigenvalue weighted by molar-refractivity contribution is 6.01. The summed E-state index contributed by atoms with van der Waals surface area (Å²) in [6.07, 6.45) is 2.00. The number of amides is 2. The van der Waals surface area contributed by atoms with Crippen LogP contribution in [0.5, 0.6) is 0 Å². The Balaban J connectivity index is 1.63. The van der Waals surface area contributed by atoms with Gasteiger partial charge in [0.2, 0.25) is 11.8 Å². The lowest BCUT2D eigenvalue weighted by atomic mass is 9.89. The third-order valence-electron chi connectivity index (χ3n) is 4.75. The van der Waals surface area contributed by atoms with Crippen molar-refractivity contribution < 1.29 is 18.4 Å². The number of aryl methyl sites for hydroxylation is 1. The number of benzene rings is 1. The summed E-state index contributed by atoms with van der Waals surface area (Å²) in [4.78, 5) is 27.0. The van der Waals surface area contributed by atoms with Crippen molar-refractivity contribution in [3.63, 3.8) is 0 Å². The van der Waals surface area contributed by atoms with Crippen LogP contribution in [0.2, 0.25) is 0 Å². The van der Waals surface area contributed by atoms with E-state index in [0.717, 1.165) is 24.4 Å². The van der Waals surface area contributed by atoms with Gasteiger partial charge >= 0.3 is 0 Å².